The number of ether oxygens (including phenoxy) is 1. The van der Waals surface area contributed by atoms with E-state index in [1.54, 1.807) is 19.2 Å². The zero-order valence-electron chi connectivity index (χ0n) is 14.9. The molecule has 130 valence electrons. The highest BCUT2D eigenvalue weighted by Crippen LogP contribution is 2.29. The van der Waals surface area contributed by atoms with E-state index in [-0.39, 0.29) is 0 Å². The Labute approximate surface area is 152 Å². The van der Waals surface area contributed by atoms with Crippen LogP contribution in [0.2, 0.25) is 0 Å². The summed E-state index contributed by atoms with van der Waals surface area (Å²) < 4.78 is 5.40. The number of aromatic nitrogens is 2. The van der Waals surface area contributed by atoms with Gasteiger partial charge in [0.25, 0.3) is 0 Å². The first-order valence-electron chi connectivity index (χ1n) is 8.12. The lowest BCUT2D eigenvalue weighted by atomic mass is 10.2. The van der Waals surface area contributed by atoms with Crippen LogP contribution >= 0.6 is 0 Å². The number of benzene rings is 2. The van der Waals surface area contributed by atoms with Crippen LogP contribution in [0, 0.1) is 25.2 Å². The molecule has 0 fully saturated rings. The Kier molecular flexibility index (Phi) is 4.99. The predicted octanol–water partition coefficient (Wildman–Crippen LogP) is 4.46. The Morgan fingerprint density at radius 2 is 1.62 bits per heavy atom. The van der Waals surface area contributed by atoms with E-state index in [1.165, 1.54) is 0 Å². The zero-order valence-corrected chi connectivity index (χ0v) is 14.9. The van der Waals surface area contributed by atoms with Crippen molar-refractivity contribution in [1.29, 1.82) is 5.26 Å². The van der Waals surface area contributed by atoms with Gasteiger partial charge in [0.1, 0.15) is 23.2 Å². The summed E-state index contributed by atoms with van der Waals surface area (Å²) in [4.78, 5) is 8.86. The summed E-state index contributed by atoms with van der Waals surface area (Å²) in [5, 5.41) is 15.4. The van der Waals surface area contributed by atoms with Crippen molar-refractivity contribution in [2.75, 3.05) is 17.7 Å². The van der Waals surface area contributed by atoms with Crippen LogP contribution in [0.3, 0.4) is 0 Å². The van der Waals surface area contributed by atoms with Crippen molar-refractivity contribution in [2.24, 2.45) is 0 Å². The maximum Gasteiger partial charge on any atom is 0.142 e. The molecule has 3 aromatic rings. The van der Waals surface area contributed by atoms with Crippen LogP contribution in [0.25, 0.3) is 0 Å². The van der Waals surface area contributed by atoms with Gasteiger partial charge < -0.3 is 15.4 Å². The summed E-state index contributed by atoms with van der Waals surface area (Å²) in [5.41, 5.74) is 3.43. The molecule has 0 aliphatic carbocycles. The lowest BCUT2D eigenvalue weighted by Gasteiger charge is -2.13. The molecular formula is C20H19N5O. The summed E-state index contributed by atoms with van der Waals surface area (Å²) in [5.74, 6) is 2.71. The Hall–Kier alpha value is -3.59. The van der Waals surface area contributed by atoms with E-state index in [2.05, 4.69) is 26.7 Å². The Balaban J connectivity index is 1.85. The van der Waals surface area contributed by atoms with E-state index >= 15 is 0 Å². The summed E-state index contributed by atoms with van der Waals surface area (Å²) in [7, 11) is 1.64. The van der Waals surface area contributed by atoms with Crippen molar-refractivity contribution in [1.82, 2.24) is 9.97 Å². The maximum absolute atomic E-state index is 8.88. The molecule has 0 radical (unpaired) electrons. The normalized spacial score (nSPS) is 10.1. The fourth-order valence-electron chi connectivity index (χ4n) is 2.53. The van der Waals surface area contributed by atoms with Gasteiger partial charge in [0.15, 0.2) is 0 Å². The molecular weight excluding hydrogens is 326 g/mol. The van der Waals surface area contributed by atoms with Crippen LogP contribution in [0.5, 0.6) is 5.75 Å². The molecule has 0 bridgehead atoms. The third-order valence-corrected chi connectivity index (χ3v) is 3.74. The number of nitrogens with one attached hydrogen (secondary N) is 2. The lowest BCUT2D eigenvalue weighted by Crippen LogP contribution is -2.02. The van der Waals surface area contributed by atoms with Gasteiger partial charge in [0.05, 0.1) is 24.4 Å². The first kappa shape index (κ1) is 17.2. The van der Waals surface area contributed by atoms with Gasteiger partial charge >= 0.3 is 0 Å². The molecule has 6 heteroatoms. The summed E-state index contributed by atoms with van der Waals surface area (Å²) in [6, 6.07) is 17.0. The summed E-state index contributed by atoms with van der Waals surface area (Å²) in [6.07, 6.45) is 0. The first-order chi connectivity index (χ1) is 12.6. The number of rotatable bonds is 5. The van der Waals surface area contributed by atoms with E-state index in [1.807, 2.05) is 50.2 Å². The maximum atomic E-state index is 8.88. The van der Waals surface area contributed by atoms with Gasteiger partial charge in [-0.3, -0.25) is 0 Å². The molecule has 0 aliphatic rings. The Morgan fingerprint density at radius 3 is 2.27 bits per heavy atom. The SMILES string of the molecule is COc1ccc(C)cc1Nc1cc(Nc2ccc(C#N)cc2)nc(C)n1. The van der Waals surface area contributed by atoms with Gasteiger partial charge in [-0.05, 0) is 55.8 Å². The van der Waals surface area contributed by atoms with Crippen molar-refractivity contribution < 1.29 is 4.74 Å². The molecule has 3 rings (SSSR count). The zero-order chi connectivity index (χ0) is 18.5. The molecule has 26 heavy (non-hydrogen) atoms. The fraction of sp³-hybridized carbons (Fsp3) is 0.150. The van der Waals surface area contributed by atoms with Crippen LogP contribution in [0.4, 0.5) is 23.0 Å². The minimum atomic E-state index is 0.614. The van der Waals surface area contributed by atoms with Crippen LogP contribution in [-0.4, -0.2) is 17.1 Å². The second kappa shape index (κ2) is 7.53. The molecule has 2 aromatic carbocycles. The van der Waals surface area contributed by atoms with Gasteiger partial charge in [-0.15, -0.1) is 0 Å². The van der Waals surface area contributed by atoms with Crippen LogP contribution in [0.1, 0.15) is 17.0 Å². The lowest BCUT2D eigenvalue weighted by molar-refractivity contribution is 0.416. The first-order valence-corrected chi connectivity index (χ1v) is 8.12. The monoisotopic (exact) mass is 345 g/mol. The standard InChI is InChI=1S/C20H19N5O/c1-13-4-9-18(26-3)17(10-13)25-20-11-19(22-14(2)23-20)24-16-7-5-15(12-21)6-8-16/h4-11H,1-3H3,(H2,22,23,24,25). The van der Waals surface area contributed by atoms with Crippen molar-refractivity contribution in [3.05, 3.63) is 65.5 Å². The van der Waals surface area contributed by atoms with Gasteiger partial charge in [0, 0.05) is 11.8 Å². The van der Waals surface area contributed by atoms with E-state index in [9.17, 15) is 0 Å². The molecule has 1 heterocycles. The largest absolute Gasteiger partial charge is 0.495 e. The van der Waals surface area contributed by atoms with Crippen molar-refractivity contribution in [3.8, 4) is 11.8 Å². The number of nitriles is 1. The van der Waals surface area contributed by atoms with E-state index < -0.39 is 0 Å². The van der Waals surface area contributed by atoms with Crippen LogP contribution in [-0.2, 0) is 0 Å². The number of hydrogen-bond acceptors (Lipinski definition) is 6. The summed E-state index contributed by atoms with van der Waals surface area (Å²) >= 11 is 0. The smallest absolute Gasteiger partial charge is 0.142 e. The average molecular weight is 345 g/mol. The van der Waals surface area contributed by atoms with Gasteiger partial charge in [-0.1, -0.05) is 6.07 Å². The van der Waals surface area contributed by atoms with E-state index in [0.29, 0.717) is 23.0 Å². The molecule has 1 aromatic heterocycles. The molecule has 0 aliphatic heterocycles. The van der Waals surface area contributed by atoms with Gasteiger partial charge in [-0.2, -0.15) is 5.26 Å². The molecule has 0 atom stereocenters. The number of nitrogens with zero attached hydrogens (tertiary/aromatic N) is 3. The highest BCUT2D eigenvalue weighted by molar-refractivity contribution is 5.68. The van der Waals surface area contributed by atoms with Crippen LogP contribution in [0.15, 0.2) is 48.5 Å². The average Bonchev–Trinajstić information content (AvgIpc) is 2.62. The number of anilines is 4. The number of aryl methyl sites for hydroxylation is 2. The number of hydrogen-bond donors (Lipinski definition) is 2. The summed E-state index contributed by atoms with van der Waals surface area (Å²) in [6.45, 7) is 3.86. The molecule has 0 amide bonds. The second-order valence-electron chi connectivity index (χ2n) is 5.83. The van der Waals surface area contributed by atoms with Crippen molar-refractivity contribution >= 4 is 23.0 Å². The second-order valence-corrected chi connectivity index (χ2v) is 5.83. The quantitative estimate of drug-likeness (QED) is 0.710. The predicted molar refractivity (Wildman–Crippen MR) is 102 cm³/mol. The molecule has 2 N–H and O–H groups in total. The molecule has 0 saturated heterocycles. The number of methoxy groups -OCH3 is 1. The molecule has 0 unspecified atom stereocenters. The Bertz CT molecular complexity index is 961. The van der Waals surface area contributed by atoms with Crippen molar-refractivity contribution in [2.45, 2.75) is 13.8 Å². The molecule has 0 saturated carbocycles. The van der Waals surface area contributed by atoms with Gasteiger partial charge in [-0.25, -0.2) is 9.97 Å². The van der Waals surface area contributed by atoms with Gasteiger partial charge in [0.2, 0.25) is 0 Å². The molecule has 6 nitrogen and oxygen atoms in total. The Morgan fingerprint density at radius 1 is 0.923 bits per heavy atom. The third-order valence-electron chi connectivity index (χ3n) is 3.74. The third kappa shape index (κ3) is 4.08. The highest BCUT2D eigenvalue weighted by atomic mass is 16.5. The van der Waals surface area contributed by atoms with E-state index in [0.717, 1.165) is 22.7 Å². The fourth-order valence-corrected chi connectivity index (χ4v) is 2.53. The minimum absolute atomic E-state index is 0.614. The highest BCUT2D eigenvalue weighted by Gasteiger charge is 2.07. The molecule has 0 spiro atoms. The topological polar surface area (TPSA) is 82.9 Å². The minimum Gasteiger partial charge on any atom is -0.495 e. The van der Waals surface area contributed by atoms with Crippen molar-refractivity contribution in [3.63, 3.8) is 0 Å². The van der Waals surface area contributed by atoms with Crippen LogP contribution < -0.4 is 15.4 Å². The van der Waals surface area contributed by atoms with E-state index in [4.69, 9.17) is 10.00 Å².